The van der Waals surface area contributed by atoms with Crippen LogP contribution in [0.4, 0.5) is 5.69 Å². The van der Waals surface area contributed by atoms with Crippen LogP contribution in [0.15, 0.2) is 12.1 Å². The minimum Gasteiger partial charge on any atom is -0.399 e. The van der Waals surface area contributed by atoms with Gasteiger partial charge in [-0.05, 0) is 30.4 Å². The predicted octanol–water partition coefficient (Wildman–Crippen LogP) is 2.96. The summed E-state index contributed by atoms with van der Waals surface area (Å²) in [4.78, 5) is 11.9. The van der Waals surface area contributed by atoms with Crippen molar-refractivity contribution in [3.05, 3.63) is 27.7 Å². The van der Waals surface area contributed by atoms with Crippen molar-refractivity contribution in [3.63, 3.8) is 0 Å². The molecule has 1 aliphatic carbocycles. The van der Waals surface area contributed by atoms with Crippen LogP contribution in [0.5, 0.6) is 0 Å². The lowest BCUT2D eigenvalue weighted by molar-refractivity contribution is 0.0951. The van der Waals surface area contributed by atoms with Gasteiger partial charge in [-0.1, -0.05) is 30.1 Å². The molecule has 92 valence electrons. The van der Waals surface area contributed by atoms with Gasteiger partial charge in [-0.25, -0.2) is 0 Å². The van der Waals surface area contributed by atoms with Crippen LogP contribution in [0.2, 0.25) is 10.0 Å². The fourth-order valence-corrected chi connectivity index (χ4v) is 2.20. The number of nitrogens with one attached hydrogen (secondary N) is 1. The van der Waals surface area contributed by atoms with E-state index >= 15 is 0 Å². The van der Waals surface area contributed by atoms with Crippen LogP contribution in [0.3, 0.4) is 0 Å². The van der Waals surface area contributed by atoms with Crippen molar-refractivity contribution in [1.82, 2.24) is 5.32 Å². The molecular formula is C12H14Cl2N2O. The van der Waals surface area contributed by atoms with Crippen molar-refractivity contribution in [2.45, 2.75) is 13.3 Å². The van der Waals surface area contributed by atoms with Crippen molar-refractivity contribution in [2.24, 2.45) is 11.8 Å². The fourth-order valence-electron chi connectivity index (χ4n) is 1.78. The SMILES string of the molecule is CC1CC1CNC(=O)c1cc(N)cc(Cl)c1Cl. The molecule has 1 aromatic rings. The first kappa shape index (κ1) is 12.5. The highest BCUT2D eigenvalue weighted by Gasteiger charge is 2.32. The Hall–Kier alpha value is -0.930. The zero-order valence-corrected chi connectivity index (χ0v) is 11.0. The van der Waals surface area contributed by atoms with Crippen molar-refractivity contribution < 1.29 is 4.79 Å². The second-order valence-electron chi connectivity index (χ2n) is 4.55. The van der Waals surface area contributed by atoms with Gasteiger partial charge in [-0.3, -0.25) is 4.79 Å². The highest BCUT2D eigenvalue weighted by Crippen LogP contribution is 2.37. The minimum atomic E-state index is -0.219. The van der Waals surface area contributed by atoms with Crippen molar-refractivity contribution in [1.29, 1.82) is 0 Å². The zero-order chi connectivity index (χ0) is 12.6. The Balaban J connectivity index is 2.07. The lowest BCUT2D eigenvalue weighted by atomic mass is 10.2. The van der Waals surface area contributed by atoms with Gasteiger partial charge in [0.25, 0.3) is 5.91 Å². The van der Waals surface area contributed by atoms with Gasteiger partial charge in [0.15, 0.2) is 0 Å². The molecule has 0 aliphatic heterocycles. The number of amides is 1. The van der Waals surface area contributed by atoms with Gasteiger partial charge in [0.05, 0.1) is 15.6 Å². The highest BCUT2D eigenvalue weighted by molar-refractivity contribution is 6.44. The maximum absolute atomic E-state index is 11.9. The molecule has 17 heavy (non-hydrogen) atoms. The molecule has 3 N–H and O–H groups in total. The Kier molecular flexibility index (Phi) is 3.50. The van der Waals surface area contributed by atoms with E-state index in [1.807, 2.05) is 0 Å². The van der Waals surface area contributed by atoms with Crippen LogP contribution in [0.25, 0.3) is 0 Å². The normalized spacial score (nSPS) is 22.3. The summed E-state index contributed by atoms with van der Waals surface area (Å²) in [5.41, 5.74) is 6.41. The van der Waals surface area contributed by atoms with E-state index in [0.717, 1.165) is 0 Å². The lowest BCUT2D eigenvalue weighted by Gasteiger charge is -2.08. The largest absolute Gasteiger partial charge is 0.399 e. The summed E-state index contributed by atoms with van der Waals surface area (Å²) in [5.74, 6) is 1.08. The maximum Gasteiger partial charge on any atom is 0.252 e. The van der Waals surface area contributed by atoms with Gasteiger partial charge in [0.2, 0.25) is 0 Å². The van der Waals surface area contributed by atoms with Crippen LogP contribution in [-0.4, -0.2) is 12.5 Å². The number of carbonyl (C=O) groups excluding carboxylic acids is 1. The van der Waals surface area contributed by atoms with Gasteiger partial charge in [0.1, 0.15) is 0 Å². The Bertz CT molecular complexity index is 462. The second kappa shape index (κ2) is 4.75. The second-order valence-corrected chi connectivity index (χ2v) is 5.33. The molecule has 5 heteroatoms. The van der Waals surface area contributed by atoms with Crippen molar-refractivity contribution in [2.75, 3.05) is 12.3 Å². The molecule has 1 fully saturated rings. The Morgan fingerprint density at radius 2 is 2.18 bits per heavy atom. The van der Waals surface area contributed by atoms with Crippen molar-refractivity contribution in [3.8, 4) is 0 Å². The summed E-state index contributed by atoms with van der Waals surface area (Å²) >= 11 is 11.8. The third-order valence-electron chi connectivity index (χ3n) is 3.10. The molecule has 2 rings (SSSR count). The van der Waals surface area contributed by atoms with Gasteiger partial charge in [-0.2, -0.15) is 0 Å². The predicted molar refractivity (Wildman–Crippen MR) is 70.5 cm³/mol. The molecule has 0 aromatic heterocycles. The summed E-state index contributed by atoms with van der Waals surface area (Å²) in [6.07, 6.45) is 1.17. The van der Waals surface area contributed by atoms with Crippen LogP contribution >= 0.6 is 23.2 Å². The molecule has 1 saturated carbocycles. The van der Waals surface area contributed by atoms with Crippen LogP contribution in [0, 0.1) is 11.8 Å². The average molecular weight is 273 g/mol. The summed E-state index contributed by atoms with van der Waals surface area (Å²) in [7, 11) is 0. The summed E-state index contributed by atoms with van der Waals surface area (Å²) in [6.45, 7) is 2.85. The van der Waals surface area contributed by atoms with E-state index in [1.165, 1.54) is 12.5 Å². The van der Waals surface area contributed by atoms with E-state index in [-0.39, 0.29) is 10.9 Å². The summed E-state index contributed by atoms with van der Waals surface area (Å²) in [6, 6.07) is 3.07. The molecule has 0 heterocycles. The van der Waals surface area contributed by atoms with Crippen LogP contribution in [0.1, 0.15) is 23.7 Å². The van der Waals surface area contributed by atoms with Gasteiger partial charge >= 0.3 is 0 Å². The molecule has 3 nitrogen and oxygen atoms in total. The van der Waals surface area contributed by atoms with Crippen molar-refractivity contribution >= 4 is 34.8 Å². The third kappa shape index (κ3) is 2.85. The first-order chi connectivity index (χ1) is 7.99. The van der Waals surface area contributed by atoms with E-state index in [9.17, 15) is 4.79 Å². The lowest BCUT2D eigenvalue weighted by Crippen LogP contribution is -2.26. The molecule has 2 unspecified atom stereocenters. The van der Waals surface area contributed by atoms with Crippen LogP contribution < -0.4 is 11.1 Å². The Morgan fingerprint density at radius 1 is 1.53 bits per heavy atom. The number of hydrogen-bond donors (Lipinski definition) is 2. The standard InChI is InChI=1S/C12H14Cl2N2O/c1-6-2-7(6)5-16-12(17)9-3-8(15)4-10(13)11(9)14/h3-4,6-7H,2,5,15H2,1H3,(H,16,17). The topological polar surface area (TPSA) is 55.1 Å². The number of nitrogen functional groups attached to an aromatic ring is 1. The van der Waals surface area contributed by atoms with E-state index in [4.69, 9.17) is 28.9 Å². The zero-order valence-electron chi connectivity index (χ0n) is 9.47. The van der Waals surface area contributed by atoms with Gasteiger partial charge in [-0.15, -0.1) is 0 Å². The maximum atomic E-state index is 11.9. The smallest absolute Gasteiger partial charge is 0.252 e. The van der Waals surface area contributed by atoms with E-state index < -0.39 is 0 Å². The Labute approximate surface area is 110 Å². The molecule has 0 bridgehead atoms. The first-order valence-electron chi connectivity index (χ1n) is 5.51. The molecule has 0 saturated heterocycles. The fraction of sp³-hybridized carbons (Fsp3) is 0.417. The highest BCUT2D eigenvalue weighted by atomic mass is 35.5. The summed E-state index contributed by atoms with van der Waals surface area (Å²) in [5, 5.41) is 3.40. The number of carbonyl (C=O) groups is 1. The monoisotopic (exact) mass is 272 g/mol. The third-order valence-corrected chi connectivity index (χ3v) is 3.90. The number of rotatable bonds is 3. The Morgan fingerprint density at radius 3 is 2.76 bits per heavy atom. The number of anilines is 1. The number of nitrogens with two attached hydrogens (primary N) is 1. The minimum absolute atomic E-state index is 0.219. The molecule has 2 atom stereocenters. The molecule has 1 aromatic carbocycles. The van der Waals surface area contributed by atoms with E-state index in [2.05, 4.69) is 12.2 Å². The number of halogens is 2. The van der Waals surface area contributed by atoms with Gasteiger partial charge in [0, 0.05) is 12.2 Å². The van der Waals surface area contributed by atoms with Gasteiger partial charge < -0.3 is 11.1 Å². The van der Waals surface area contributed by atoms with E-state index in [1.54, 1.807) is 6.07 Å². The van der Waals surface area contributed by atoms with E-state index in [0.29, 0.717) is 34.7 Å². The number of benzene rings is 1. The molecule has 1 aliphatic rings. The molecule has 0 radical (unpaired) electrons. The average Bonchev–Trinajstić information content (AvgIpc) is 2.96. The molecule has 0 spiro atoms. The van der Waals surface area contributed by atoms with Crippen LogP contribution in [-0.2, 0) is 0 Å². The molecule has 1 amide bonds. The first-order valence-corrected chi connectivity index (χ1v) is 6.27. The quantitative estimate of drug-likeness (QED) is 0.832. The summed E-state index contributed by atoms with van der Waals surface area (Å²) < 4.78 is 0. The molecular weight excluding hydrogens is 259 g/mol. The number of hydrogen-bond acceptors (Lipinski definition) is 2.